The van der Waals surface area contributed by atoms with Gasteiger partial charge in [0.25, 0.3) is 5.69 Å². The fourth-order valence-electron chi connectivity index (χ4n) is 2.45. The summed E-state index contributed by atoms with van der Waals surface area (Å²) in [4.78, 5) is 27.1. The van der Waals surface area contributed by atoms with Crippen LogP contribution >= 0.6 is 15.9 Å². The SMILES string of the molecule is Cc1nc2ccccc2n1CC(=O)Nc1cc([N+](=O)[O-])ccc1Br. The number of carbonyl (C=O) groups excluding carboxylic acids is 1. The van der Waals surface area contributed by atoms with E-state index in [1.807, 2.05) is 31.2 Å². The van der Waals surface area contributed by atoms with Crippen molar-refractivity contribution in [2.45, 2.75) is 13.5 Å². The number of nitrogens with zero attached hydrogens (tertiary/aromatic N) is 3. The molecule has 0 atom stereocenters. The fourth-order valence-corrected chi connectivity index (χ4v) is 2.80. The van der Waals surface area contributed by atoms with Crippen LogP contribution in [0.5, 0.6) is 0 Å². The van der Waals surface area contributed by atoms with Gasteiger partial charge in [-0.05, 0) is 41.1 Å². The number of hydrogen-bond donors (Lipinski definition) is 1. The first-order chi connectivity index (χ1) is 11.5. The average Bonchev–Trinajstić information content (AvgIpc) is 2.85. The van der Waals surface area contributed by atoms with Gasteiger partial charge in [0.15, 0.2) is 0 Å². The average molecular weight is 389 g/mol. The van der Waals surface area contributed by atoms with E-state index in [1.165, 1.54) is 18.2 Å². The van der Waals surface area contributed by atoms with E-state index < -0.39 is 4.92 Å². The van der Waals surface area contributed by atoms with Gasteiger partial charge in [0.2, 0.25) is 5.91 Å². The second kappa shape index (κ2) is 6.40. The summed E-state index contributed by atoms with van der Waals surface area (Å²) in [5.41, 5.74) is 1.96. The number of aromatic nitrogens is 2. The molecule has 0 aliphatic heterocycles. The lowest BCUT2D eigenvalue weighted by Gasteiger charge is -2.09. The van der Waals surface area contributed by atoms with Crippen molar-refractivity contribution >= 4 is 44.2 Å². The van der Waals surface area contributed by atoms with Gasteiger partial charge >= 0.3 is 0 Å². The molecule has 24 heavy (non-hydrogen) atoms. The maximum Gasteiger partial charge on any atom is 0.271 e. The Labute approximate surface area is 145 Å². The Balaban J connectivity index is 1.84. The van der Waals surface area contributed by atoms with Crippen molar-refractivity contribution in [3.63, 3.8) is 0 Å². The number of imidazole rings is 1. The van der Waals surface area contributed by atoms with E-state index in [1.54, 1.807) is 4.57 Å². The molecule has 1 aromatic heterocycles. The number of halogens is 1. The molecule has 0 saturated carbocycles. The number of fused-ring (bicyclic) bond motifs is 1. The minimum atomic E-state index is -0.504. The largest absolute Gasteiger partial charge is 0.323 e. The van der Waals surface area contributed by atoms with Gasteiger partial charge < -0.3 is 9.88 Å². The zero-order valence-electron chi connectivity index (χ0n) is 12.7. The number of amides is 1. The predicted octanol–water partition coefficient (Wildman–Crippen LogP) is 3.65. The van der Waals surface area contributed by atoms with E-state index in [2.05, 4.69) is 26.2 Å². The number of nitrogens with one attached hydrogen (secondary N) is 1. The summed E-state index contributed by atoms with van der Waals surface area (Å²) in [6, 6.07) is 11.8. The Morgan fingerprint density at radius 3 is 2.83 bits per heavy atom. The molecule has 0 fully saturated rings. The van der Waals surface area contributed by atoms with Crippen LogP contribution in [0.4, 0.5) is 11.4 Å². The molecule has 0 spiro atoms. The highest BCUT2D eigenvalue weighted by atomic mass is 79.9. The summed E-state index contributed by atoms with van der Waals surface area (Å²) < 4.78 is 2.38. The van der Waals surface area contributed by atoms with Gasteiger partial charge in [-0.25, -0.2) is 4.98 Å². The number of aryl methyl sites for hydroxylation is 1. The van der Waals surface area contributed by atoms with E-state index in [9.17, 15) is 14.9 Å². The molecular weight excluding hydrogens is 376 g/mol. The number of nitro groups is 1. The molecule has 7 nitrogen and oxygen atoms in total. The van der Waals surface area contributed by atoms with Gasteiger partial charge in [-0.1, -0.05) is 12.1 Å². The highest BCUT2D eigenvalue weighted by Crippen LogP contribution is 2.27. The molecule has 3 rings (SSSR count). The lowest BCUT2D eigenvalue weighted by Crippen LogP contribution is -2.19. The van der Waals surface area contributed by atoms with E-state index in [0.29, 0.717) is 10.2 Å². The summed E-state index contributed by atoms with van der Waals surface area (Å²) in [7, 11) is 0. The topological polar surface area (TPSA) is 90.1 Å². The van der Waals surface area contributed by atoms with Gasteiger partial charge in [0.05, 0.1) is 21.6 Å². The Bertz CT molecular complexity index is 952. The van der Waals surface area contributed by atoms with Crippen LogP contribution in [0.1, 0.15) is 5.82 Å². The lowest BCUT2D eigenvalue weighted by molar-refractivity contribution is -0.384. The number of rotatable bonds is 4. The van der Waals surface area contributed by atoms with Crippen LogP contribution in [-0.4, -0.2) is 20.4 Å². The van der Waals surface area contributed by atoms with Crippen LogP contribution in [0.3, 0.4) is 0 Å². The number of carbonyl (C=O) groups is 1. The molecule has 0 radical (unpaired) electrons. The molecule has 3 aromatic rings. The highest BCUT2D eigenvalue weighted by molar-refractivity contribution is 9.10. The summed E-state index contributed by atoms with van der Waals surface area (Å²) in [5.74, 6) is 0.437. The van der Waals surface area contributed by atoms with Gasteiger partial charge in [0.1, 0.15) is 12.4 Å². The minimum absolute atomic E-state index is 0.0709. The van der Waals surface area contributed by atoms with E-state index >= 15 is 0 Å². The quantitative estimate of drug-likeness (QED) is 0.545. The third-order valence-electron chi connectivity index (χ3n) is 3.58. The van der Waals surface area contributed by atoms with Crippen molar-refractivity contribution in [3.05, 3.63) is 62.9 Å². The smallest absolute Gasteiger partial charge is 0.271 e. The first-order valence-corrected chi connectivity index (χ1v) is 7.90. The Kier molecular flexibility index (Phi) is 4.30. The van der Waals surface area contributed by atoms with E-state index in [0.717, 1.165) is 16.9 Å². The first kappa shape index (κ1) is 16.1. The monoisotopic (exact) mass is 388 g/mol. The number of nitro benzene ring substituents is 1. The van der Waals surface area contributed by atoms with Crippen molar-refractivity contribution in [3.8, 4) is 0 Å². The molecule has 1 heterocycles. The molecule has 2 aromatic carbocycles. The zero-order valence-corrected chi connectivity index (χ0v) is 14.3. The molecule has 122 valence electrons. The Morgan fingerprint density at radius 1 is 1.33 bits per heavy atom. The van der Waals surface area contributed by atoms with Gasteiger partial charge in [-0.15, -0.1) is 0 Å². The molecule has 0 aliphatic rings. The lowest BCUT2D eigenvalue weighted by atomic mass is 10.3. The molecule has 0 saturated heterocycles. The number of non-ortho nitro benzene ring substituents is 1. The molecule has 8 heteroatoms. The fraction of sp³-hybridized carbons (Fsp3) is 0.125. The second-order valence-electron chi connectivity index (χ2n) is 5.20. The summed E-state index contributed by atoms with van der Waals surface area (Å²) >= 11 is 3.28. The Morgan fingerprint density at radius 2 is 2.08 bits per heavy atom. The number of anilines is 1. The maximum absolute atomic E-state index is 12.4. The standard InChI is InChI=1S/C16H13BrN4O3/c1-10-18-13-4-2-3-5-15(13)20(10)9-16(22)19-14-8-11(21(23)24)6-7-12(14)17/h2-8H,9H2,1H3,(H,19,22). The first-order valence-electron chi connectivity index (χ1n) is 7.11. The van der Waals surface area contributed by atoms with Gasteiger partial charge in [-0.2, -0.15) is 0 Å². The van der Waals surface area contributed by atoms with Crippen molar-refractivity contribution in [1.82, 2.24) is 9.55 Å². The summed E-state index contributed by atoms with van der Waals surface area (Å²) in [6.07, 6.45) is 0. The molecule has 0 unspecified atom stereocenters. The van der Waals surface area contributed by atoms with E-state index in [4.69, 9.17) is 0 Å². The van der Waals surface area contributed by atoms with Crippen molar-refractivity contribution in [2.75, 3.05) is 5.32 Å². The van der Waals surface area contributed by atoms with Crippen molar-refractivity contribution in [2.24, 2.45) is 0 Å². The summed E-state index contributed by atoms with van der Waals surface area (Å²) in [6.45, 7) is 1.90. The zero-order chi connectivity index (χ0) is 17.3. The van der Waals surface area contributed by atoms with Crippen LogP contribution < -0.4 is 5.32 Å². The number of benzene rings is 2. The molecule has 1 N–H and O–H groups in total. The molecular formula is C16H13BrN4O3. The third-order valence-corrected chi connectivity index (χ3v) is 4.27. The minimum Gasteiger partial charge on any atom is -0.323 e. The highest BCUT2D eigenvalue weighted by Gasteiger charge is 2.14. The third kappa shape index (κ3) is 3.13. The molecule has 1 amide bonds. The molecule has 0 aliphatic carbocycles. The summed E-state index contributed by atoms with van der Waals surface area (Å²) in [5, 5.41) is 13.6. The van der Waals surface area contributed by atoms with Crippen LogP contribution in [0.15, 0.2) is 46.9 Å². The van der Waals surface area contributed by atoms with Gasteiger partial charge in [0, 0.05) is 16.6 Å². The van der Waals surface area contributed by atoms with Crippen LogP contribution in [0.2, 0.25) is 0 Å². The maximum atomic E-state index is 12.4. The van der Waals surface area contributed by atoms with Crippen LogP contribution in [0, 0.1) is 17.0 Å². The predicted molar refractivity (Wildman–Crippen MR) is 93.9 cm³/mol. The number of hydrogen-bond acceptors (Lipinski definition) is 4. The van der Waals surface area contributed by atoms with E-state index in [-0.39, 0.29) is 18.1 Å². The molecule has 0 bridgehead atoms. The number of para-hydroxylation sites is 2. The van der Waals surface area contributed by atoms with Crippen LogP contribution in [-0.2, 0) is 11.3 Å². The van der Waals surface area contributed by atoms with Gasteiger partial charge in [-0.3, -0.25) is 14.9 Å². The van der Waals surface area contributed by atoms with Crippen LogP contribution in [0.25, 0.3) is 11.0 Å². The Hall–Kier alpha value is -2.74. The van der Waals surface area contributed by atoms with Crippen molar-refractivity contribution in [1.29, 1.82) is 0 Å². The normalized spacial score (nSPS) is 10.8. The second-order valence-corrected chi connectivity index (χ2v) is 6.06. The van der Waals surface area contributed by atoms with Crippen molar-refractivity contribution < 1.29 is 9.72 Å².